The zero-order valence-corrected chi connectivity index (χ0v) is 14.8. The van der Waals surface area contributed by atoms with E-state index >= 15 is 0 Å². The van der Waals surface area contributed by atoms with E-state index in [0.29, 0.717) is 18.8 Å². The van der Waals surface area contributed by atoms with E-state index in [1.165, 1.54) is 11.1 Å². The number of piperidine rings is 1. The van der Waals surface area contributed by atoms with Gasteiger partial charge in [-0.05, 0) is 49.9 Å². The molecule has 2 amide bonds. The van der Waals surface area contributed by atoms with Crippen LogP contribution in [-0.2, 0) is 4.79 Å². The Morgan fingerprint density at radius 2 is 2.00 bits per heavy atom. The van der Waals surface area contributed by atoms with Crippen molar-refractivity contribution in [1.82, 2.24) is 14.8 Å². The molecule has 1 fully saturated rings. The zero-order chi connectivity index (χ0) is 17.4. The molecule has 128 valence electrons. The maximum atomic E-state index is 12.9. The van der Waals surface area contributed by atoms with Crippen molar-refractivity contribution >= 4 is 22.7 Å². The summed E-state index contributed by atoms with van der Waals surface area (Å²) in [7, 11) is 3.54. The largest absolute Gasteiger partial charge is 0.351 e. The number of aromatic nitrogens is 1. The van der Waals surface area contributed by atoms with Crippen LogP contribution in [0.25, 0.3) is 10.9 Å². The third-order valence-corrected chi connectivity index (χ3v) is 5.07. The molecule has 3 rings (SSSR count). The van der Waals surface area contributed by atoms with Crippen molar-refractivity contribution in [2.75, 3.05) is 27.2 Å². The molecule has 1 saturated heterocycles. The Morgan fingerprint density at radius 1 is 1.25 bits per heavy atom. The van der Waals surface area contributed by atoms with Gasteiger partial charge in [-0.15, -0.1) is 0 Å². The number of rotatable bonds is 2. The SMILES string of the molecule is Cc1ccc2[nH]c(C(=O)N3CCCC(C(=O)N(C)C)C3)cc2c1C. The Labute approximate surface area is 142 Å². The lowest BCUT2D eigenvalue weighted by molar-refractivity contribution is -0.134. The zero-order valence-electron chi connectivity index (χ0n) is 14.8. The number of hydrogen-bond acceptors (Lipinski definition) is 2. The highest BCUT2D eigenvalue weighted by atomic mass is 16.2. The summed E-state index contributed by atoms with van der Waals surface area (Å²) in [4.78, 5) is 31.7. The summed E-state index contributed by atoms with van der Waals surface area (Å²) < 4.78 is 0. The van der Waals surface area contributed by atoms with Crippen LogP contribution in [0.3, 0.4) is 0 Å². The molecule has 5 heteroatoms. The van der Waals surface area contributed by atoms with E-state index in [1.54, 1.807) is 19.0 Å². The standard InChI is InChI=1S/C19H25N3O2/c1-12-7-8-16-15(13(12)2)10-17(20-16)19(24)22-9-5-6-14(11-22)18(23)21(3)4/h7-8,10,14,20H,5-6,9,11H2,1-4H3. The summed E-state index contributed by atoms with van der Waals surface area (Å²) in [6, 6.07) is 6.02. The summed E-state index contributed by atoms with van der Waals surface area (Å²) in [5.74, 6) is 0.00110. The van der Waals surface area contributed by atoms with Crippen molar-refractivity contribution < 1.29 is 9.59 Å². The fourth-order valence-electron chi connectivity index (χ4n) is 3.47. The van der Waals surface area contributed by atoms with Crippen molar-refractivity contribution in [3.8, 4) is 0 Å². The van der Waals surface area contributed by atoms with Crippen LogP contribution in [0.15, 0.2) is 18.2 Å². The Kier molecular flexibility index (Phi) is 4.35. The monoisotopic (exact) mass is 327 g/mol. The van der Waals surface area contributed by atoms with Gasteiger partial charge in [0.15, 0.2) is 0 Å². The summed E-state index contributed by atoms with van der Waals surface area (Å²) in [6.07, 6.45) is 1.72. The van der Waals surface area contributed by atoms with E-state index in [1.807, 2.05) is 17.0 Å². The van der Waals surface area contributed by atoms with Gasteiger partial charge in [0.05, 0.1) is 5.92 Å². The molecule has 1 aromatic heterocycles. The molecule has 1 aliphatic heterocycles. The molecule has 2 aromatic rings. The highest BCUT2D eigenvalue weighted by Crippen LogP contribution is 2.25. The normalized spacial score (nSPS) is 18.0. The van der Waals surface area contributed by atoms with Crippen molar-refractivity contribution in [2.24, 2.45) is 5.92 Å². The van der Waals surface area contributed by atoms with Gasteiger partial charge in [0.1, 0.15) is 5.69 Å². The number of nitrogens with zero attached hydrogens (tertiary/aromatic N) is 2. The highest BCUT2D eigenvalue weighted by Gasteiger charge is 2.30. The Hall–Kier alpha value is -2.30. The lowest BCUT2D eigenvalue weighted by Gasteiger charge is -2.33. The molecular weight excluding hydrogens is 302 g/mol. The summed E-state index contributed by atoms with van der Waals surface area (Å²) in [5, 5.41) is 1.09. The topological polar surface area (TPSA) is 56.4 Å². The minimum Gasteiger partial charge on any atom is -0.351 e. The maximum absolute atomic E-state index is 12.9. The molecule has 1 aliphatic rings. The van der Waals surface area contributed by atoms with Crippen LogP contribution < -0.4 is 0 Å². The van der Waals surface area contributed by atoms with Gasteiger partial charge in [0.25, 0.3) is 5.91 Å². The van der Waals surface area contributed by atoms with Crippen molar-refractivity contribution in [2.45, 2.75) is 26.7 Å². The molecule has 1 aromatic carbocycles. The van der Waals surface area contributed by atoms with Gasteiger partial charge >= 0.3 is 0 Å². The summed E-state index contributed by atoms with van der Waals surface area (Å²) in [5.41, 5.74) is 4.01. The van der Waals surface area contributed by atoms with E-state index in [2.05, 4.69) is 24.9 Å². The number of carbonyl (C=O) groups is 2. The molecule has 0 spiro atoms. The molecule has 24 heavy (non-hydrogen) atoms. The number of likely N-dealkylation sites (tertiary alicyclic amines) is 1. The Balaban J connectivity index is 1.83. The maximum Gasteiger partial charge on any atom is 0.270 e. The fraction of sp³-hybridized carbons (Fsp3) is 0.474. The van der Waals surface area contributed by atoms with E-state index in [0.717, 1.165) is 23.7 Å². The third-order valence-electron chi connectivity index (χ3n) is 5.07. The predicted octanol–water partition coefficient (Wildman–Crippen LogP) is 2.73. The summed E-state index contributed by atoms with van der Waals surface area (Å²) in [6.45, 7) is 5.37. The van der Waals surface area contributed by atoms with Crippen molar-refractivity contribution in [3.63, 3.8) is 0 Å². The van der Waals surface area contributed by atoms with E-state index in [4.69, 9.17) is 0 Å². The minimum atomic E-state index is -0.0916. The van der Waals surface area contributed by atoms with Gasteiger partial charge in [0.2, 0.25) is 5.91 Å². The second-order valence-electron chi connectivity index (χ2n) is 6.97. The first-order valence-corrected chi connectivity index (χ1v) is 8.48. The van der Waals surface area contributed by atoms with E-state index < -0.39 is 0 Å². The average Bonchev–Trinajstić information content (AvgIpc) is 3.02. The first-order chi connectivity index (χ1) is 11.4. The number of aromatic amines is 1. The minimum absolute atomic E-state index is 0.0143. The lowest BCUT2D eigenvalue weighted by Crippen LogP contribution is -2.45. The molecule has 0 aliphatic carbocycles. The van der Waals surface area contributed by atoms with Gasteiger partial charge in [0, 0.05) is 38.1 Å². The van der Waals surface area contributed by atoms with Crippen LogP contribution in [0.5, 0.6) is 0 Å². The predicted molar refractivity (Wildman–Crippen MR) is 95.1 cm³/mol. The quantitative estimate of drug-likeness (QED) is 0.922. The van der Waals surface area contributed by atoms with E-state index in [-0.39, 0.29) is 17.7 Å². The number of carbonyl (C=O) groups excluding carboxylic acids is 2. The molecule has 2 heterocycles. The van der Waals surface area contributed by atoms with Gasteiger partial charge in [-0.3, -0.25) is 9.59 Å². The van der Waals surface area contributed by atoms with Gasteiger partial charge < -0.3 is 14.8 Å². The van der Waals surface area contributed by atoms with Crippen molar-refractivity contribution in [3.05, 3.63) is 35.0 Å². The molecule has 1 unspecified atom stereocenters. The number of aryl methyl sites for hydroxylation is 2. The lowest BCUT2D eigenvalue weighted by atomic mass is 9.96. The molecular formula is C19H25N3O2. The first kappa shape index (κ1) is 16.6. The third kappa shape index (κ3) is 2.90. The van der Waals surface area contributed by atoms with Gasteiger partial charge in [-0.2, -0.15) is 0 Å². The molecule has 0 radical (unpaired) electrons. The first-order valence-electron chi connectivity index (χ1n) is 8.48. The van der Waals surface area contributed by atoms with Crippen LogP contribution in [0.2, 0.25) is 0 Å². The molecule has 1 N–H and O–H groups in total. The Bertz CT molecular complexity index is 791. The molecule has 1 atom stereocenters. The average molecular weight is 327 g/mol. The smallest absolute Gasteiger partial charge is 0.270 e. The molecule has 0 saturated carbocycles. The van der Waals surface area contributed by atoms with Crippen LogP contribution in [0.4, 0.5) is 0 Å². The molecule has 0 bridgehead atoms. The molecule has 5 nitrogen and oxygen atoms in total. The van der Waals surface area contributed by atoms with Crippen LogP contribution in [-0.4, -0.2) is 53.8 Å². The van der Waals surface area contributed by atoms with Crippen molar-refractivity contribution in [1.29, 1.82) is 0 Å². The number of benzene rings is 1. The van der Waals surface area contributed by atoms with Crippen LogP contribution >= 0.6 is 0 Å². The van der Waals surface area contributed by atoms with Crippen LogP contribution in [0, 0.1) is 19.8 Å². The number of hydrogen-bond donors (Lipinski definition) is 1. The number of nitrogens with one attached hydrogen (secondary N) is 1. The van der Waals surface area contributed by atoms with Crippen LogP contribution in [0.1, 0.15) is 34.5 Å². The number of H-pyrrole nitrogens is 1. The highest BCUT2D eigenvalue weighted by molar-refractivity contribution is 5.99. The number of fused-ring (bicyclic) bond motifs is 1. The van der Waals surface area contributed by atoms with Gasteiger partial charge in [-0.1, -0.05) is 6.07 Å². The second-order valence-corrected chi connectivity index (χ2v) is 6.97. The Morgan fingerprint density at radius 3 is 2.71 bits per heavy atom. The van der Waals surface area contributed by atoms with E-state index in [9.17, 15) is 9.59 Å². The second kappa shape index (κ2) is 6.30. The summed E-state index contributed by atoms with van der Waals surface area (Å²) >= 11 is 0. The van der Waals surface area contributed by atoms with Gasteiger partial charge in [-0.25, -0.2) is 0 Å². The number of amides is 2. The fourth-order valence-corrected chi connectivity index (χ4v) is 3.47.